The molecule has 2 heterocycles. The quantitative estimate of drug-likeness (QED) is 0.444. The molecule has 0 unspecified atom stereocenters. The van der Waals surface area contributed by atoms with Crippen molar-refractivity contribution < 1.29 is 13.2 Å². The Morgan fingerprint density at radius 1 is 1.10 bits per heavy atom. The Bertz CT molecular complexity index is 1490. The minimum Gasteiger partial charge on any atom is -0.364 e. The molecule has 0 aliphatic carbocycles. The smallest absolute Gasteiger partial charge is 0.269 e. The fourth-order valence-corrected chi connectivity index (χ4v) is 4.60. The van der Waals surface area contributed by atoms with E-state index < -0.39 is 15.9 Å². The molecule has 0 aliphatic heterocycles. The van der Waals surface area contributed by atoms with Crippen LogP contribution in [0.3, 0.4) is 0 Å². The summed E-state index contributed by atoms with van der Waals surface area (Å²) < 4.78 is 28.3. The number of terminal acetylenes is 2. The zero-order valence-electron chi connectivity index (χ0n) is 16.1. The second kappa shape index (κ2) is 7.61. The molecule has 2 aromatic heterocycles. The molecule has 0 aliphatic rings. The van der Waals surface area contributed by atoms with E-state index in [1.807, 2.05) is 0 Å². The van der Waals surface area contributed by atoms with Crippen molar-refractivity contribution >= 4 is 37.7 Å². The molecule has 4 aromatic rings. The van der Waals surface area contributed by atoms with Gasteiger partial charge in [0.1, 0.15) is 0 Å². The zero-order valence-corrected chi connectivity index (χ0v) is 16.9. The molecule has 0 radical (unpaired) electrons. The van der Waals surface area contributed by atoms with Gasteiger partial charge in [-0.25, -0.2) is 13.1 Å². The van der Waals surface area contributed by atoms with E-state index in [0.717, 1.165) is 15.2 Å². The third kappa shape index (κ3) is 3.30. The van der Waals surface area contributed by atoms with E-state index in [0.29, 0.717) is 16.6 Å². The molecule has 10 heteroatoms. The van der Waals surface area contributed by atoms with Crippen LogP contribution in [0, 0.1) is 24.7 Å². The van der Waals surface area contributed by atoms with Crippen molar-refractivity contribution in [3.63, 3.8) is 0 Å². The summed E-state index contributed by atoms with van der Waals surface area (Å²) in [6, 6.07) is 9.52. The molecule has 0 bridgehead atoms. The zero-order chi connectivity index (χ0) is 22.2. The summed E-state index contributed by atoms with van der Waals surface area (Å²) in [6.45, 7) is -0.281. The molecular formula is C21H16N6O3S. The van der Waals surface area contributed by atoms with Gasteiger partial charge in [-0.05, 0) is 36.4 Å². The summed E-state index contributed by atoms with van der Waals surface area (Å²) in [5.74, 6) is 3.92. The highest BCUT2D eigenvalue weighted by molar-refractivity contribution is 7.89. The summed E-state index contributed by atoms with van der Waals surface area (Å²) in [5, 5.41) is 12.6. The largest absolute Gasteiger partial charge is 0.364 e. The van der Waals surface area contributed by atoms with Gasteiger partial charge in [0, 0.05) is 10.8 Å². The molecule has 31 heavy (non-hydrogen) atoms. The Labute approximate surface area is 177 Å². The minimum absolute atomic E-state index is 0.0294. The average molecular weight is 432 g/mol. The van der Waals surface area contributed by atoms with Crippen molar-refractivity contribution in [3.8, 4) is 30.4 Å². The monoisotopic (exact) mass is 432 g/mol. The van der Waals surface area contributed by atoms with E-state index in [-0.39, 0.29) is 23.7 Å². The van der Waals surface area contributed by atoms with Gasteiger partial charge in [0.05, 0.1) is 40.9 Å². The van der Waals surface area contributed by atoms with Crippen molar-refractivity contribution in [2.45, 2.75) is 4.90 Å². The molecular weight excluding hydrogens is 416 g/mol. The van der Waals surface area contributed by atoms with E-state index >= 15 is 0 Å². The molecule has 2 aromatic carbocycles. The molecule has 9 nitrogen and oxygen atoms in total. The maximum Gasteiger partial charge on any atom is 0.269 e. The third-order valence-electron chi connectivity index (χ3n) is 4.75. The van der Waals surface area contributed by atoms with E-state index in [1.165, 1.54) is 16.8 Å². The van der Waals surface area contributed by atoms with Gasteiger partial charge >= 0.3 is 0 Å². The molecule has 3 N–H and O–H groups in total. The van der Waals surface area contributed by atoms with Crippen LogP contribution in [0.4, 0.5) is 0 Å². The number of primary amides is 1. The second-order valence-electron chi connectivity index (χ2n) is 6.59. The van der Waals surface area contributed by atoms with Gasteiger partial charge in [0.15, 0.2) is 5.69 Å². The van der Waals surface area contributed by atoms with E-state index in [4.69, 9.17) is 18.6 Å². The fourth-order valence-electron chi connectivity index (χ4n) is 3.33. The van der Waals surface area contributed by atoms with E-state index in [9.17, 15) is 13.2 Å². The topological polar surface area (TPSA) is 127 Å². The number of hydrogen-bond acceptors (Lipinski definition) is 5. The number of fused-ring (bicyclic) bond motifs is 3. The highest BCUT2D eigenvalue weighted by atomic mass is 32.2. The lowest BCUT2D eigenvalue weighted by Gasteiger charge is -2.17. The number of sulfonamides is 1. The maximum absolute atomic E-state index is 12.8. The SMILES string of the molecule is C#CCN(CC#C)S(=O)(=O)c1ccc(-n2nc(C(N)=O)c3ccc4[nH]ncc4c32)cc1. The Balaban J connectivity index is 1.85. The number of H-pyrrole nitrogens is 1. The number of amides is 1. The molecule has 154 valence electrons. The van der Waals surface area contributed by atoms with Crippen LogP contribution in [0.5, 0.6) is 0 Å². The second-order valence-corrected chi connectivity index (χ2v) is 8.53. The lowest BCUT2D eigenvalue weighted by molar-refractivity contribution is 0.0996. The number of nitrogens with zero attached hydrogens (tertiary/aromatic N) is 4. The van der Waals surface area contributed by atoms with Crippen molar-refractivity contribution in [2.24, 2.45) is 5.73 Å². The molecule has 0 spiro atoms. The van der Waals surface area contributed by atoms with E-state index in [2.05, 4.69) is 27.1 Å². The van der Waals surface area contributed by atoms with Gasteiger partial charge in [-0.15, -0.1) is 12.8 Å². The van der Waals surface area contributed by atoms with Crippen molar-refractivity contribution in [3.05, 3.63) is 48.3 Å². The van der Waals surface area contributed by atoms with Crippen LogP contribution < -0.4 is 5.73 Å². The van der Waals surface area contributed by atoms with E-state index in [1.54, 1.807) is 30.5 Å². The van der Waals surface area contributed by atoms with Gasteiger partial charge in [-0.2, -0.15) is 14.5 Å². The van der Waals surface area contributed by atoms with Crippen LogP contribution in [0.15, 0.2) is 47.5 Å². The standard InChI is InChI=1S/C21H16N6O3S/c1-3-11-26(12-4-2)31(29,30)15-7-5-14(6-8-15)27-20-16(19(25-27)21(22)28)9-10-18-17(20)13-23-24-18/h1-2,5-10,13H,11-12H2,(H2,22,28)(H,23,24). The number of aromatic amines is 1. The number of carbonyl (C=O) groups excluding carboxylic acids is 1. The summed E-state index contributed by atoms with van der Waals surface area (Å²) in [7, 11) is -3.87. The Morgan fingerprint density at radius 2 is 1.77 bits per heavy atom. The van der Waals surface area contributed by atoms with Gasteiger partial charge in [0.25, 0.3) is 5.91 Å². The lowest BCUT2D eigenvalue weighted by atomic mass is 10.1. The lowest BCUT2D eigenvalue weighted by Crippen LogP contribution is -2.31. The van der Waals surface area contributed by atoms with Crippen LogP contribution in [0.1, 0.15) is 10.5 Å². The summed E-state index contributed by atoms with van der Waals surface area (Å²) in [5.41, 5.74) is 7.52. The summed E-state index contributed by atoms with van der Waals surface area (Å²) in [6.07, 6.45) is 12.2. The number of nitrogens with one attached hydrogen (secondary N) is 1. The molecule has 0 saturated carbocycles. The number of hydrogen-bond donors (Lipinski definition) is 2. The predicted molar refractivity (Wildman–Crippen MR) is 116 cm³/mol. The molecule has 1 amide bonds. The Kier molecular flexibility index (Phi) is 4.95. The molecule has 0 fully saturated rings. The predicted octanol–water partition coefficient (Wildman–Crippen LogP) is 1.26. The summed E-state index contributed by atoms with van der Waals surface area (Å²) in [4.78, 5) is 12.0. The van der Waals surface area contributed by atoms with Crippen LogP contribution >= 0.6 is 0 Å². The normalized spacial score (nSPS) is 11.6. The Hall–Kier alpha value is -4.12. The first-order chi connectivity index (χ1) is 14.9. The van der Waals surface area contributed by atoms with Gasteiger partial charge in [-0.3, -0.25) is 9.89 Å². The summed E-state index contributed by atoms with van der Waals surface area (Å²) >= 11 is 0. The van der Waals surface area contributed by atoms with Crippen molar-refractivity contribution in [1.29, 1.82) is 0 Å². The maximum atomic E-state index is 12.8. The van der Waals surface area contributed by atoms with Crippen molar-refractivity contribution in [1.82, 2.24) is 24.3 Å². The average Bonchev–Trinajstić information content (AvgIpc) is 3.38. The van der Waals surface area contributed by atoms with Gasteiger partial charge < -0.3 is 5.73 Å². The molecule has 0 atom stereocenters. The molecule has 0 saturated heterocycles. The van der Waals surface area contributed by atoms with Crippen LogP contribution in [0.2, 0.25) is 0 Å². The highest BCUT2D eigenvalue weighted by Gasteiger charge is 2.24. The first kappa shape index (κ1) is 20.2. The Morgan fingerprint density at radius 3 is 2.39 bits per heavy atom. The van der Waals surface area contributed by atoms with Crippen LogP contribution in [-0.4, -0.2) is 51.7 Å². The van der Waals surface area contributed by atoms with Crippen molar-refractivity contribution in [2.75, 3.05) is 13.1 Å². The number of benzene rings is 2. The minimum atomic E-state index is -3.87. The van der Waals surface area contributed by atoms with Gasteiger partial charge in [-0.1, -0.05) is 11.8 Å². The third-order valence-corrected chi connectivity index (χ3v) is 6.56. The first-order valence-corrected chi connectivity index (χ1v) is 10.4. The highest BCUT2D eigenvalue weighted by Crippen LogP contribution is 2.29. The van der Waals surface area contributed by atoms with Crippen LogP contribution in [0.25, 0.3) is 27.5 Å². The van der Waals surface area contributed by atoms with Crippen LogP contribution in [-0.2, 0) is 10.0 Å². The fraction of sp³-hybridized carbons (Fsp3) is 0.0952. The number of rotatable bonds is 6. The molecule has 4 rings (SSSR count). The number of nitrogens with two attached hydrogens (primary N) is 1. The number of aromatic nitrogens is 4. The number of carbonyl (C=O) groups is 1. The first-order valence-electron chi connectivity index (χ1n) is 9.00. The van der Waals surface area contributed by atoms with Gasteiger partial charge in [0.2, 0.25) is 10.0 Å².